The zero-order chi connectivity index (χ0) is 12.8. The van der Waals surface area contributed by atoms with Gasteiger partial charge in [-0.05, 0) is 19.1 Å². The van der Waals surface area contributed by atoms with Gasteiger partial charge in [-0.1, -0.05) is 6.07 Å². The van der Waals surface area contributed by atoms with E-state index in [1.165, 1.54) is 0 Å². The fourth-order valence-electron chi connectivity index (χ4n) is 1.82. The molecule has 0 saturated carbocycles. The first-order chi connectivity index (χ1) is 8.79. The molecule has 0 bridgehead atoms. The minimum atomic E-state index is 0.206. The van der Waals surface area contributed by atoms with Gasteiger partial charge in [-0.15, -0.1) is 0 Å². The lowest BCUT2D eigenvalue weighted by atomic mass is 10.2. The summed E-state index contributed by atoms with van der Waals surface area (Å²) in [7, 11) is 0. The molecule has 2 rings (SSSR count). The molecule has 1 atom stereocenters. The number of carbonyl (C=O) groups is 1. The van der Waals surface area contributed by atoms with Gasteiger partial charge in [-0.3, -0.25) is 14.8 Å². The molecule has 0 N–H and O–H groups in total. The number of nitrogens with zero attached hydrogens (tertiary/aromatic N) is 3. The number of morpholine rings is 1. The van der Waals surface area contributed by atoms with Crippen molar-refractivity contribution in [1.29, 1.82) is 0 Å². The number of hydrogen-bond donors (Lipinski definition) is 0. The van der Waals surface area contributed by atoms with Gasteiger partial charge >= 0.3 is 0 Å². The first-order valence-corrected chi connectivity index (χ1v) is 6.06. The molecular weight excluding hydrogens is 230 g/mol. The molecule has 2 heterocycles. The van der Waals surface area contributed by atoms with Gasteiger partial charge in [0, 0.05) is 18.3 Å². The monoisotopic (exact) mass is 247 g/mol. The fraction of sp³-hybridized carbons (Fsp3) is 0.462. The van der Waals surface area contributed by atoms with Gasteiger partial charge in [0.1, 0.15) is 5.71 Å². The van der Waals surface area contributed by atoms with Crippen molar-refractivity contribution in [3.05, 3.63) is 30.1 Å². The number of hydrazone groups is 1. The summed E-state index contributed by atoms with van der Waals surface area (Å²) < 4.78 is 5.33. The molecule has 1 unspecified atom stereocenters. The number of aldehydes is 1. The molecule has 5 nitrogen and oxygen atoms in total. The van der Waals surface area contributed by atoms with E-state index >= 15 is 0 Å². The number of pyridine rings is 1. The first kappa shape index (κ1) is 12.7. The summed E-state index contributed by atoms with van der Waals surface area (Å²) in [5.41, 5.74) is 1.35. The lowest BCUT2D eigenvalue weighted by molar-refractivity contribution is -0.103. The third kappa shape index (κ3) is 3.37. The Morgan fingerprint density at radius 2 is 2.56 bits per heavy atom. The summed E-state index contributed by atoms with van der Waals surface area (Å²) in [6.07, 6.45) is 2.99. The third-order valence-corrected chi connectivity index (χ3v) is 2.81. The van der Waals surface area contributed by atoms with Crippen LogP contribution in [0.1, 0.15) is 12.6 Å². The van der Waals surface area contributed by atoms with Gasteiger partial charge in [-0.2, -0.15) is 5.10 Å². The normalized spacial score (nSPS) is 20.8. The van der Waals surface area contributed by atoms with Crippen LogP contribution in [0.2, 0.25) is 0 Å². The standard InChI is InChI=1S/C13H17N3O2/c1-11-10-18-7-6-16(11)15-13(9-17)8-12-4-2-3-5-14-12/h2-5,9,11H,6-8,10H2,1H3/b15-13+. The molecule has 18 heavy (non-hydrogen) atoms. The molecule has 5 heteroatoms. The molecule has 1 saturated heterocycles. The van der Waals surface area contributed by atoms with Gasteiger partial charge in [-0.25, -0.2) is 0 Å². The topological polar surface area (TPSA) is 54.8 Å². The van der Waals surface area contributed by atoms with Crippen molar-refractivity contribution in [2.75, 3.05) is 19.8 Å². The van der Waals surface area contributed by atoms with Crippen molar-refractivity contribution in [3.63, 3.8) is 0 Å². The summed E-state index contributed by atoms with van der Waals surface area (Å²) in [5, 5.41) is 6.31. The van der Waals surface area contributed by atoms with Gasteiger partial charge in [0.25, 0.3) is 0 Å². The molecule has 96 valence electrons. The number of aromatic nitrogens is 1. The Morgan fingerprint density at radius 3 is 3.22 bits per heavy atom. The van der Waals surface area contributed by atoms with E-state index in [-0.39, 0.29) is 6.04 Å². The van der Waals surface area contributed by atoms with E-state index in [2.05, 4.69) is 10.1 Å². The van der Waals surface area contributed by atoms with Crippen molar-refractivity contribution < 1.29 is 9.53 Å². The Kier molecular flexibility index (Phi) is 4.41. The van der Waals surface area contributed by atoms with Crippen LogP contribution in [0.5, 0.6) is 0 Å². The van der Waals surface area contributed by atoms with Gasteiger partial charge in [0.2, 0.25) is 0 Å². The van der Waals surface area contributed by atoms with E-state index in [1.54, 1.807) is 6.20 Å². The molecule has 1 fully saturated rings. The first-order valence-electron chi connectivity index (χ1n) is 6.06. The average molecular weight is 247 g/mol. The highest BCUT2D eigenvalue weighted by Gasteiger charge is 2.17. The summed E-state index contributed by atoms with van der Waals surface area (Å²) >= 11 is 0. The van der Waals surface area contributed by atoms with Gasteiger partial charge in [0.15, 0.2) is 6.29 Å². The maximum absolute atomic E-state index is 11.1. The Hall–Kier alpha value is -1.75. The highest BCUT2D eigenvalue weighted by molar-refractivity contribution is 6.28. The molecule has 0 spiro atoms. The van der Waals surface area contributed by atoms with Crippen LogP contribution in [-0.4, -0.2) is 47.8 Å². The minimum Gasteiger partial charge on any atom is -0.377 e. The highest BCUT2D eigenvalue weighted by atomic mass is 16.5. The van der Waals surface area contributed by atoms with Crippen LogP contribution in [0.25, 0.3) is 0 Å². The lowest BCUT2D eigenvalue weighted by Crippen LogP contribution is -2.40. The van der Waals surface area contributed by atoms with E-state index in [4.69, 9.17) is 4.74 Å². The molecule has 0 aromatic carbocycles. The van der Waals surface area contributed by atoms with E-state index in [1.807, 2.05) is 30.1 Å². The molecule has 1 aromatic rings. The molecule has 1 aliphatic rings. The quantitative estimate of drug-likeness (QED) is 0.586. The van der Waals surface area contributed by atoms with Crippen LogP contribution in [0.15, 0.2) is 29.5 Å². The maximum Gasteiger partial charge on any atom is 0.166 e. The zero-order valence-corrected chi connectivity index (χ0v) is 10.5. The summed E-state index contributed by atoms with van der Waals surface area (Å²) in [5.74, 6) is 0. The number of rotatable bonds is 4. The van der Waals surface area contributed by atoms with Crippen molar-refractivity contribution in [2.45, 2.75) is 19.4 Å². The van der Waals surface area contributed by atoms with Crippen molar-refractivity contribution in [3.8, 4) is 0 Å². The highest BCUT2D eigenvalue weighted by Crippen LogP contribution is 2.07. The van der Waals surface area contributed by atoms with E-state index in [9.17, 15) is 4.79 Å². The van der Waals surface area contributed by atoms with Crippen molar-refractivity contribution >= 4 is 12.0 Å². The maximum atomic E-state index is 11.1. The molecule has 0 radical (unpaired) electrons. The Bertz CT molecular complexity index is 420. The average Bonchev–Trinajstić information content (AvgIpc) is 2.41. The second kappa shape index (κ2) is 6.26. The Morgan fingerprint density at radius 1 is 1.67 bits per heavy atom. The number of hydrogen-bond acceptors (Lipinski definition) is 5. The van der Waals surface area contributed by atoms with E-state index < -0.39 is 0 Å². The third-order valence-electron chi connectivity index (χ3n) is 2.81. The molecule has 1 aromatic heterocycles. The molecular formula is C13H17N3O2. The SMILES string of the molecule is CC1COCCN1/N=C(/C=O)Cc1ccccn1. The number of carbonyl (C=O) groups excluding carboxylic acids is 1. The van der Waals surface area contributed by atoms with Gasteiger partial charge < -0.3 is 4.74 Å². The summed E-state index contributed by atoms with van der Waals surface area (Å²) in [6, 6.07) is 5.85. The summed E-state index contributed by atoms with van der Waals surface area (Å²) in [6.45, 7) is 4.06. The fourth-order valence-corrected chi connectivity index (χ4v) is 1.82. The van der Waals surface area contributed by atoms with Crippen LogP contribution in [0, 0.1) is 0 Å². The summed E-state index contributed by atoms with van der Waals surface area (Å²) in [4.78, 5) is 15.3. The van der Waals surface area contributed by atoms with Crippen LogP contribution < -0.4 is 0 Å². The second-order valence-corrected chi connectivity index (χ2v) is 4.29. The van der Waals surface area contributed by atoms with Crippen LogP contribution >= 0.6 is 0 Å². The van der Waals surface area contributed by atoms with Gasteiger partial charge in [0.05, 0.1) is 25.8 Å². The van der Waals surface area contributed by atoms with Crippen molar-refractivity contribution in [1.82, 2.24) is 9.99 Å². The number of ether oxygens (including phenoxy) is 1. The zero-order valence-electron chi connectivity index (χ0n) is 10.5. The van der Waals surface area contributed by atoms with E-state index in [0.29, 0.717) is 25.3 Å². The largest absolute Gasteiger partial charge is 0.377 e. The van der Waals surface area contributed by atoms with E-state index in [0.717, 1.165) is 18.5 Å². The molecule has 1 aliphatic heterocycles. The van der Waals surface area contributed by atoms with Crippen LogP contribution in [-0.2, 0) is 16.0 Å². The van der Waals surface area contributed by atoms with Crippen LogP contribution in [0.4, 0.5) is 0 Å². The Labute approximate surface area is 106 Å². The van der Waals surface area contributed by atoms with Crippen molar-refractivity contribution in [2.24, 2.45) is 5.10 Å². The smallest absolute Gasteiger partial charge is 0.166 e. The minimum absolute atomic E-state index is 0.206. The lowest BCUT2D eigenvalue weighted by Gasteiger charge is -2.31. The van der Waals surface area contributed by atoms with Crippen LogP contribution in [0.3, 0.4) is 0 Å². The Balaban J connectivity index is 2.05. The predicted molar refractivity (Wildman–Crippen MR) is 68.4 cm³/mol. The molecule has 0 aliphatic carbocycles. The second-order valence-electron chi connectivity index (χ2n) is 4.29. The molecule has 0 amide bonds. The predicted octanol–water partition coefficient (Wildman–Crippen LogP) is 0.900.